The lowest BCUT2D eigenvalue weighted by atomic mass is 10.1. The van der Waals surface area contributed by atoms with Crippen LogP contribution in [0.4, 0.5) is 13.2 Å². The molecule has 1 aromatic rings. The second kappa shape index (κ2) is 7.31. The van der Waals surface area contributed by atoms with E-state index in [0.29, 0.717) is 5.56 Å². The number of hydrogen-bond acceptors (Lipinski definition) is 3. The van der Waals surface area contributed by atoms with Gasteiger partial charge in [0.2, 0.25) is 5.91 Å². The highest BCUT2D eigenvalue weighted by Gasteiger charge is 2.28. The monoisotopic (exact) mass is 304 g/mol. The van der Waals surface area contributed by atoms with Gasteiger partial charge in [0, 0.05) is 24.6 Å². The molecule has 21 heavy (non-hydrogen) atoms. The van der Waals surface area contributed by atoms with Crippen molar-refractivity contribution in [2.45, 2.75) is 39.0 Å². The molecule has 1 atom stereocenters. The van der Waals surface area contributed by atoms with Crippen LogP contribution in [-0.4, -0.2) is 24.7 Å². The first-order valence-corrected chi connectivity index (χ1v) is 6.49. The molecule has 0 bridgehead atoms. The number of rotatable bonds is 6. The van der Waals surface area contributed by atoms with Crippen LogP contribution in [0.5, 0.6) is 5.75 Å². The zero-order valence-electron chi connectivity index (χ0n) is 12.0. The van der Waals surface area contributed by atoms with E-state index in [-0.39, 0.29) is 30.7 Å². The quantitative estimate of drug-likeness (QED) is 0.847. The molecule has 1 rings (SSSR count). The second-order valence-electron chi connectivity index (χ2n) is 4.97. The molecule has 0 fully saturated rings. The van der Waals surface area contributed by atoms with Gasteiger partial charge in [0.1, 0.15) is 5.75 Å². The molecule has 1 aromatic carbocycles. The zero-order valence-corrected chi connectivity index (χ0v) is 12.0. The Kier molecular flexibility index (Phi) is 6.02. The standard InChI is InChI=1S/C14H19F3N2O2/c1-9-3-4-11(7-19-13(20)6-10(2)18)12(5-9)21-8-14(15,16)17/h3-5,10H,6-8,18H2,1-2H3,(H,19,20). The van der Waals surface area contributed by atoms with Crippen LogP contribution in [0.3, 0.4) is 0 Å². The third-order valence-electron chi connectivity index (χ3n) is 2.60. The van der Waals surface area contributed by atoms with E-state index in [1.54, 1.807) is 26.0 Å². The van der Waals surface area contributed by atoms with Crippen molar-refractivity contribution in [2.75, 3.05) is 6.61 Å². The van der Waals surface area contributed by atoms with Gasteiger partial charge >= 0.3 is 6.18 Å². The van der Waals surface area contributed by atoms with Crippen LogP contribution in [0.25, 0.3) is 0 Å². The number of aryl methyl sites for hydroxylation is 1. The summed E-state index contributed by atoms with van der Waals surface area (Å²) in [6.07, 6.45) is -4.25. The highest BCUT2D eigenvalue weighted by Crippen LogP contribution is 2.23. The second-order valence-corrected chi connectivity index (χ2v) is 4.97. The average Bonchev–Trinajstić information content (AvgIpc) is 2.33. The third kappa shape index (κ3) is 6.99. The maximum absolute atomic E-state index is 12.2. The van der Waals surface area contributed by atoms with Crippen LogP contribution in [0.15, 0.2) is 18.2 Å². The lowest BCUT2D eigenvalue weighted by Gasteiger charge is -2.15. The van der Waals surface area contributed by atoms with Gasteiger partial charge in [0.05, 0.1) is 0 Å². The molecule has 0 radical (unpaired) electrons. The van der Waals surface area contributed by atoms with Crippen LogP contribution >= 0.6 is 0 Å². The summed E-state index contributed by atoms with van der Waals surface area (Å²) in [7, 11) is 0. The fraction of sp³-hybridized carbons (Fsp3) is 0.500. The van der Waals surface area contributed by atoms with Crippen LogP contribution in [0.2, 0.25) is 0 Å². The topological polar surface area (TPSA) is 64.4 Å². The van der Waals surface area contributed by atoms with Crippen molar-refractivity contribution in [3.63, 3.8) is 0 Å². The molecule has 0 aliphatic heterocycles. The van der Waals surface area contributed by atoms with E-state index < -0.39 is 12.8 Å². The highest BCUT2D eigenvalue weighted by atomic mass is 19.4. The number of amides is 1. The number of carbonyl (C=O) groups is 1. The van der Waals surface area contributed by atoms with E-state index >= 15 is 0 Å². The summed E-state index contributed by atoms with van der Waals surface area (Å²) >= 11 is 0. The Morgan fingerprint density at radius 3 is 2.67 bits per heavy atom. The van der Waals surface area contributed by atoms with Crippen LogP contribution < -0.4 is 15.8 Å². The number of alkyl halides is 3. The van der Waals surface area contributed by atoms with Gasteiger partial charge in [-0.2, -0.15) is 13.2 Å². The summed E-state index contributed by atoms with van der Waals surface area (Å²) in [5.41, 5.74) is 6.76. The number of ether oxygens (including phenoxy) is 1. The molecule has 0 saturated carbocycles. The maximum Gasteiger partial charge on any atom is 0.422 e. The third-order valence-corrected chi connectivity index (χ3v) is 2.60. The molecule has 1 unspecified atom stereocenters. The normalized spacial score (nSPS) is 12.9. The van der Waals surface area contributed by atoms with Gasteiger partial charge in [-0.05, 0) is 25.5 Å². The summed E-state index contributed by atoms with van der Waals surface area (Å²) in [4.78, 5) is 11.5. The fourth-order valence-corrected chi connectivity index (χ4v) is 1.66. The summed E-state index contributed by atoms with van der Waals surface area (Å²) in [5, 5.41) is 2.61. The van der Waals surface area contributed by atoms with Crippen molar-refractivity contribution >= 4 is 5.91 Å². The van der Waals surface area contributed by atoms with Crippen LogP contribution in [-0.2, 0) is 11.3 Å². The molecule has 3 N–H and O–H groups in total. The summed E-state index contributed by atoms with van der Waals surface area (Å²) in [6, 6.07) is 4.61. The van der Waals surface area contributed by atoms with Gasteiger partial charge in [-0.3, -0.25) is 4.79 Å². The largest absolute Gasteiger partial charge is 0.484 e. The van der Waals surface area contributed by atoms with Gasteiger partial charge < -0.3 is 15.8 Å². The Labute approximate surface area is 121 Å². The minimum atomic E-state index is -4.40. The molecular formula is C14H19F3N2O2. The summed E-state index contributed by atoms with van der Waals surface area (Å²) < 4.78 is 41.5. The molecule has 118 valence electrons. The van der Waals surface area contributed by atoms with Crippen molar-refractivity contribution in [1.29, 1.82) is 0 Å². The Hall–Kier alpha value is -1.76. The molecule has 4 nitrogen and oxygen atoms in total. The van der Waals surface area contributed by atoms with Crippen molar-refractivity contribution in [3.8, 4) is 5.75 Å². The molecule has 0 saturated heterocycles. The average molecular weight is 304 g/mol. The van der Waals surface area contributed by atoms with Gasteiger partial charge in [0.15, 0.2) is 6.61 Å². The molecule has 1 amide bonds. The molecule has 0 aliphatic carbocycles. The van der Waals surface area contributed by atoms with Crippen molar-refractivity contribution in [2.24, 2.45) is 5.73 Å². The van der Waals surface area contributed by atoms with E-state index in [1.807, 2.05) is 0 Å². The van der Waals surface area contributed by atoms with E-state index in [2.05, 4.69) is 5.32 Å². The predicted octanol–water partition coefficient (Wildman–Crippen LogP) is 2.29. The van der Waals surface area contributed by atoms with E-state index in [4.69, 9.17) is 10.5 Å². The van der Waals surface area contributed by atoms with Gasteiger partial charge in [-0.15, -0.1) is 0 Å². The summed E-state index contributed by atoms with van der Waals surface area (Å²) in [6.45, 7) is 2.18. The zero-order chi connectivity index (χ0) is 16.0. The lowest BCUT2D eigenvalue weighted by molar-refractivity contribution is -0.153. The molecule has 0 aromatic heterocycles. The summed E-state index contributed by atoms with van der Waals surface area (Å²) in [5.74, 6) is -0.138. The van der Waals surface area contributed by atoms with E-state index in [1.165, 1.54) is 6.07 Å². The van der Waals surface area contributed by atoms with Gasteiger partial charge in [-0.25, -0.2) is 0 Å². The minimum absolute atomic E-state index is 0.0963. The molecular weight excluding hydrogens is 285 g/mol. The molecule has 0 heterocycles. The Balaban J connectivity index is 2.70. The number of halogens is 3. The van der Waals surface area contributed by atoms with Crippen LogP contribution in [0, 0.1) is 6.92 Å². The lowest BCUT2D eigenvalue weighted by Crippen LogP contribution is -2.29. The predicted molar refractivity (Wildman–Crippen MR) is 72.8 cm³/mol. The van der Waals surface area contributed by atoms with Crippen molar-refractivity contribution in [3.05, 3.63) is 29.3 Å². The van der Waals surface area contributed by atoms with E-state index in [0.717, 1.165) is 5.56 Å². The number of hydrogen-bond donors (Lipinski definition) is 2. The Morgan fingerprint density at radius 1 is 1.43 bits per heavy atom. The van der Waals surface area contributed by atoms with Crippen molar-refractivity contribution < 1.29 is 22.7 Å². The Morgan fingerprint density at radius 2 is 2.10 bits per heavy atom. The van der Waals surface area contributed by atoms with E-state index in [9.17, 15) is 18.0 Å². The van der Waals surface area contributed by atoms with Gasteiger partial charge in [-0.1, -0.05) is 12.1 Å². The number of carbonyl (C=O) groups excluding carboxylic acids is 1. The minimum Gasteiger partial charge on any atom is -0.484 e. The molecule has 0 spiro atoms. The first-order chi connectivity index (χ1) is 9.67. The van der Waals surface area contributed by atoms with Gasteiger partial charge in [0.25, 0.3) is 0 Å². The SMILES string of the molecule is Cc1ccc(CNC(=O)CC(C)N)c(OCC(F)(F)F)c1. The highest BCUT2D eigenvalue weighted by molar-refractivity contribution is 5.76. The fourth-order valence-electron chi connectivity index (χ4n) is 1.66. The first-order valence-electron chi connectivity index (χ1n) is 6.49. The Bertz CT molecular complexity index is 488. The smallest absolute Gasteiger partial charge is 0.422 e. The van der Waals surface area contributed by atoms with Crippen LogP contribution in [0.1, 0.15) is 24.5 Å². The molecule has 7 heteroatoms. The number of nitrogens with one attached hydrogen (secondary N) is 1. The molecule has 0 aliphatic rings. The number of benzene rings is 1. The van der Waals surface area contributed by atoms with Crippen molar-refractivity contribution in [1.82, 2.24) is 5.32 Å². The first kappa shape index (κ1) is 17.3. The number of nitrogens with two attached hydrogens (primary N) is 1. The maximum atomic E-state index is 12.2.